The third-order valence-electron chi connectivity index (χ3n) is 9.20. The molecule has 0 saturated carbocycles. The first kappa shape index (κ1) is 25.6. The Balaban J connectivity index is 1.29. The topological polar surface area (TPSA) is 47.9 Å². The quantitative estimate of drug-likeness (QED) is 0.217. The van der Waals surface area contributed by atoms with Crippen LogP contribution in [0.25, 0.3) is 45.3 Å². The maximum Gasteiger partial charge on any atom is 0.164 e. The smallest absolute Gasteiger partial charge is 0.164 e. The summed E-state index contributed by atoms with van der Waals surface area (Å²) in [5.74, 6) is 3.73. The van der Waals surface area contributed by atoms with Crippen LogP contribution in [0.1, 0.15) is 49.9 Å². The van der Waals surface area contributed by atoms with Crippen molar-refractivity contribution in [3.05, 3.63) is 138 Å². The van der Waals surface area contributed by atoms with Crippen LogP contribution in [0.4, 0.5) is 0 Å². The fourth-order valence-corrected chi connectivity index (χ4v) is 6.78. The lowest BCUT2D eigenvalue weighted by Crippen LogP contribution is -2.24. The van der Waals surface area contributed by atoms with Crippen molar-refractivity contribution in [2.75, 3.05) is 0 Å². The first-order chi connectivity index (χ1) is 20.8. The van der Waals surface area contributed by atoms with E-state index in [1.807, 2.05) is 48.5 Å². The number of para-hydroxylation sites is 1. The van der Waals surface area contributed by atoms with E-state index in [4.69, 9.17) is 19.7 Å². The second-order valence-electron chi connectivity index (χ2n) is 12.5. The van der Waals surface area contributed by atoms with Crippen molar-refractivity contribution < 1.29 is 4.74 Å². The molecule has 1 aliphatic carbocycles. The fraction of sp³-hybridized carbons (Fsp3) is 0.154. The largest absolute Gasteiger partial charge is 0.457 e. The number of benzene rings is 5. The lowest BCUT2D eigenvalue weighted by molar-refractivity contribution is 0.418. The summed E-state index contributed by atoms with van der Waals surface area (Å²) < 4.78 is 6.33. The molecular formula is C39H31N3O. The Bertz CT molecular complexity index is 2060. The molecule has 1 aliphatic heterocycles. The molecular weight excluding hydrogens is 526 g/mol. The molecule has 208 valence electrons. The Kier molecular flexibility index (Phi) is 5.48. The lowest BCUT2D eigenvalue weighted by atomic mass is 9.75. The van der Waals surface area contributed by atoms with Gasteiger partial charge in [-0.05, 0) is 52.6 Å². The van der Waals surface area contributed by atoms with Crippen LogP contribution in [0.5, 0.6) is 11.5 Å². The van der Waals surface area contributed by atoms with Crippen LogP contribution >= 0.6 is 0 Å². The van der Waals surface area contributed by atoms with Gasteiger partial charge < -0.3 is 4.74 Å². The summed E-state index contributed by atoms with van der Waals surface area (Å²) in [6, 6.07) is 40.0. The molecule has 5 aromatic carbocycles. The summed E-state index contributed by atoms with van der Waals surface area (Å²) in [7, 11) is 0. The molecule has 0 atom stereocenters. The minimum atomic E-state index is -0.237. The summed E-state index contributed by atoms with van der Waals surface area (Å²) in [4.78, 5) is 15.1. The third-order valence-corrected chi connectivity index (χ3v) is 9.20. The van der Waals surface area contributed by atoms with Crippen LogP contribution in [0.15, 0.2) is 115 Å². The van der Waals surface area contributed by atoms with Gasteiger partial charge in [0.15, 0.2) is 17.5 Å². The van der Waals surface area contributed by atoms with Crippen LogP contribution < -0.4 is 4.74 Å². The van der Waals surface area contributed by atoms with Crippen LogP contribution in [0.2, 0.25) is 0 Å². The Morgan fingerprint density at radius 2 is 0.930 bits per heavy atom. The van der Waals surface area contributed by atoms with E-state index < -0.39 is 0 Å². The van der Waals surface area contributed by atoms with E-state index >= 15 is 0 Å². The van der Waals surface area contributed by atoms with E-state index in [2.05, 4.69) is 94.4 Å². The summed E-state index contributed by atoms with van der Waals surface area (Å²) in [5.41, 5.74) is 10.0. The number of hydrogen-bond donors (Lipinski definition) is 0. The van der Waals surface area contributed by atoms with E-state index in [-0.39, 0.29) is 10.8 Å². The van der Waals surface area contributed by atoms with Gasteiger partial charge in [-0.15, -0.1) is 0 Å². The van der Waals surface area contributed by atoms with Crippen molar-refractivity contribution in [2.24, 2.45) is 0 Å². The van der Waals surface area contributed by atoms with Crippen molar-refractivity contribution in [3.8, 4) is 56.8 Å². The van der Waals surface area contributed by atoms with Gasteiger partial charge in [0, 0.05) is 38.6 Å². The molecule has 43 heavy (non-hydrogen) atoms. The van der Waals surface area contributed by atoms with E-state index in [0.717, 1.165) is 33.8 Å². The number of hydrogen-bond acceptors (Lipinski definition) is 4. The second-order valence-corrected chi connectivity index (χ2v) is 12.5. The normalized spacial score (nSPS) is 15.1. The van der Waals surface area contributed by atoms with Gasteiger partial charge in [0.2, 0.25) is 0 Å². The highest BCUT2D eigenvalue weighted by Crippen LogP contribution is 2.50. The number of nitrogens with zero attached hydrogens (tertiary/aromatic N) is 3. The van der Waals surface area contributed by atoms with Crippen molar-refractivity contribution in [1.82, 2.24) is 15.0 Å². The highest BCUT2D eigenvalue weighted by molar-refractivity contribution is 5.83. The second kappa shape index (κ2) is 9.20. The maximum absolute atomic E-state index is 6.33. The Morgan fingerprint density at radius 1 is 0.419 bits per heavy atom. The summed E-state index contributed by atoms with van der Waals surface area (Å²) in [6.45, 7) is 9.08. The number of ether oxygens (including phenoxy) is 1. The van der Waals surface area contributed by atoms with E-state index in [1.54, 1.807) is 0 Å². The van der Waals surface area contributed by atoms with E-state index in [0.29, 0.717) is 17.5 Å². The zero-order chi connectivity index (χ0) is 29.3. The molecule has 0 saturated heterocycles. The third kappa shape index (κ3) is 3.94. The van der Waals surface area contributed by atoms with Gasteiger partial charge in [-0.25, -0.2) is 15.0 Å². The van der Waals surface area contributed by atoms with Crippen molar-refractivity contribution in [2.45, 2.75) is 38.5 Å². The number of aromatic nitrogens is 3. The van der Waals surface area contributed by atoms with E-state index in [1.165, 1.54) is 27.8 Å². The number of fused-ring (bicyclic) bond motifs is 5. The predicted molar refractivity (Wildman–Crippen MR) is 172 cm³/mol. The summed E-state index contributed by atoms with van der Waals surface area (Å²) in [6.07, 6.45) is 0. The zero-order valence-corrected chi connectivity index (χ0v) is 24.7. The van der Waals surface area contributed by atoms with Crippen molar-refractivity contribution in [1.29, 1.82) is 0 Å². The van der Waals surface area contributed by atoms with Gasteiger partial charge in [-0.3, -0.25) is 0 Å². The summed E-state index contributed by atoms with van der Waals surface area (Å²) in [5, 5.41) is 0. The molecule has 0 N–H and O–H groups in total. The number of rotatable bonds is 3. The minimum absolute atomic E-state index is 0.111. The van der Waals surface area contributed by atoms with Gasteiger partial charge in [0.05, 0.1) is 0 Å². The highest BCUT2D eigenvalue weighted by Gasteiger charge is 2.36. The fourth-order valence-electron chi connectivity index (χ4n) is 6.78. The molecule has 0 fully saturated rings. The van der Waals surface area contributed by atoms with E-state index in [9.17, 15) is 0 Å². The Morgan fingerprint density at radius 3 is 1.67 bits per heavy atom. The molecule has 8 rings (SSSR count). The molecule has 0 radical (unpaired) electrons. The van der Waals surface area contributed by atoms with Gasteiger partial charge in [-0.2, -0.15) is 0 Å². The van der Waals surface area contributed by atoms with Crippen molar-refractivity contribution in [3.63, 3.8) is 0 Å². The van der Waals surface area contributed by atoms with Gasteiger partial charge in [0.25, 0.3) is 0 Å². The molecule has 0 unspecified atom stereocenters. The Labute approximate surface area is 252 Å². The molecule has 0 amide bonds. The van der Waals surface area contributed by atoms with Crippen LogP contribution in [-0.4, -0.2) is 15.0 Å². The lowest BCUT2D eigenvalue weighted by Gasteiger charge is -2.34. The van der Waals surface area contributed by atoms with Crippen LogP contribution in [0, 0.1) is 0 Å². The first-order valence-electron chi connectivity index (χ1n) is 14.8. The Hall–Kier alpha value is -5.09. The first-order valence-corrected chi connectivity index (χ1v) is 14.8. The van der Waals surface area contributed by atoms with Crippen LogP contribution in [-0.2, 0) is 10.8 Å². The summed E-state index contributed by atoms with van der Waals surface area (Å²) >= 11 is 0. The van der Waals surface area contributed by atoms with Gasteiger partial charge >= 0.3 is 0 Å². The predicted octanol–water partition coefficient (Wildman–Crippen LogP) is 9.61. The molecule has 0 bridgehead atoms. The molecule has 6 aromatic rings. The SMILES string of the molecule is CC1(C)c2ccccc2Oc2ccc(-c3nc(-c4ccccc4)nc(-c4ccc5c(c4)C(C)(C)c4ccccc4-5)n3)cc21. The zero-order valence-electron chi connectivity index (χ0n) is 24.7. The van der Waals surface area contributed by atoms with Crippen LogP contribution in [0.3, 0.4) is 0 Å². The molecule has 2 heterocycles. The standard InChI is InChI=1S/C39H31N3O/c1-38(2)29-15-9-8-14-27(29)28-20-18-25(22-31(28)38)36-40-35(24-12-6-5-7-13-24)41-37(42-36)26-19-21-34-32(23-26)39(3,4)30-16-10-11-17-33(30)43-34/h5-23H,1-4H3. The highest BCUT2D eigenvalue weighted by atomic mass is 16.5. The van der Waals surface area contributed by atoms with Gasteiger partial charge in [-0.1, -0.05) is 113 Å². The maximum atomic E-state index is 6.33. The van der Waals surface area contributed by atoms with Crippen molar-refractivity contribution >= 4 is 0 Å². The molecule has 0 spiro atoms. The average Bonchev–Trinajstić information content (AvgIpc) is 3.27. The minimum Gasteiger partial charge on any atom is -0.457 e. The monoisotopic (exact) mass is 557 g/mol. The molecule has 4 nitrogen and oxygen atoms in total. The van der Waals surface area contributed by atoms with Gasteiger partial charge in [0.1, 0.15) is 11.5 Å². The molecule has 4 heteroatoms. The average molecular weight is 558 g/mol. The molecule has 2 aliphatic rings. The molecule has 1 aromatic heterocycles.